The summed E-state index contributed by atoms with van der Waals surface area (Å²) in [6, 6.07) is 5.09. The van der Waals surface area contributed by atoms with Crippen molar-refractivity contribution in [3.8, 4) is 0 Å². The maximum atomic E-state index is 13.2. The third-order valence-corrected chi connectivity index (χ3v) is 6.52. The number of urea groups is 1. The SMILES string of the molecule is COC(=O)[C@@H](C)NC(=O)[C@@H]1CN(C(=O)NC(C)C)CCN1S(=O)(=O)c1ccccc1. The number of methoxy groups -OCH3 is 1. The minimum atomic E-state index is -3.99. The second-order valence-corrected chi connectivity index (χ2v) is 9.14. The molecule has 0 bridgehead atoms. The van der Waals surface area contributed by atoms with Gasteiger partial charge in [0, 0.05) is 25.7 Å². The van der Waals surface area contributed by atoms with Gasteiger partial charge in [-0.2, -0.15) is 4.31 Å². The van der Waals surface area contributed by atoms with Gasteiger partial charge in [-0.1, -0.05) is 18.2 Å². The lowest BCUT2D eigenvalue weighted by Crippen LogP contribution is -2.63. The van der Waals surface area contributed by atoms with Gasteiger partial charge in [0.2, 0.25) is 15.9 Å². The largest absolute Gasteiger partial charge is 0.467 e. The molecule has 0 spiro atoms. The highest BCUT2D eigenvalue weighted by molar-refractivity contribution is 7.89. The second kappa shape index (κ2) is 9.90. The van der Waals surface area contributed by atoms with Crippen LogP contribution in [0, 0.1) is 0 Å². The van der Waals surface area contributed by atoms with Crippen LogP contribution in [0.3, 0.4) is 0 Å². The van der Waals surface area contributed by atoms with Crippen LogP contribution in [0.2, 0.25) is 0 Å². The Labute approximate surface area is 176 Å². The zero-order chi connectivity index (χ0) is 22.5. The fraction of sp³-hybridized carbons (Fsp3) is 0.526. The molecule has 30 heavy (non-hydrogen) atoms. The summed E-state index contributed by atoms with van der Waals surface area (Å²) in [5.41, 5.74) is 0. The van der Waals surface area contributed by atoms with Crippen molar-refractivity contribution in [2.75, 3.05) is 26.7 Å². The van der Waals surface area contributed by atoms with Crippen LogP contribution in [0.15, 0.2) is 35.2 Å². The van der Waals surface area contributed by atoms with E-state index in [-0.39, 0.29) is 36.6 Å². The van der Waals surface area contributed by atoms with E-state index >= 15 is 0 Å². The average molecular weight is 441 g/mol. The summed E-state index contributed by atoms with van der Waals surface area (Å²) in [5.74, 6) is -1.35. The number of benzene rings is 1. The summed E-state index contributed by atoms with van der Waals surface area (Å²) < 4.78 is 32.0. The summed E-state index contributed by atoms with van der Waals surface area (Å²) in [6.07, 6.45) is 0. The van der Waals surface area contributed by atoms with Crippen LogP contribution in [0.5, 0.6) is 0 Å². The summed E-state index contributed by atoms with van der Waals surface area (Å²) in [5, 5.41) is 5.21. The first-order chi connectivity index (χ1) is 14.1. The monoisotopic (exact) mass is 440 g/mol. The van der Waals surface area contributed by atoms with Gasteiger partial charge in [0.1, 0.15) is 12.1 Å². The van der Waals surface area contributed by atoms with E-state index < -0.39 is 34.0 Å². The van der Waals surface area contributed by atoms with E-state index in [1.54, 1.807) is 32.0 Å². The Morgan fingerprint density at radius 3 is 2.27 bits per heavy atom. The number of amides is 3. The van der Waals surface area contributed by atoms with Crippen molar-refractivity contribution in [2.24, 2.45) is 0 Å². The zero-order valence-electron chi connectivity index (χ0n) is 17.5. The zero-order valence-corrected chi connectivity index (χ0v) is 18.3. The Balaban J connectivity index is 2.32. The summed E-state index contributed by atoms with van der Waals surface area (Å²) in [6.45, 7) is 4.96. The molecule has 1 aliphatic rings. The first kappa shape index (κ1) is 23.6. The van der Waals surface area contributed by atoms with E-state index in [9.17, 15) is 22.8 Å². The maximum Gasteiger partial charge on any atom is 0.328 e. The molecule has 166 valence electrons. The van der Waals surface area contributed by atoms with Crippen molar-refractivity contribution < 1.29 is 27.5 Å². The van der Waals surface area contributed by atoms with Gasteiger partial charge in [-0.15, -0.1) is 0 Å². The fourth-order valence-corrected chi connectivity index (χ4v) is 4.65. The quantitative estimate of drug-likeness (QED) is 0.607. The van der Waals surface area contributed by atoms with E-state index in [2.05, 4.69) is 15.4 Å². The third kappa shape index (κ3) is 5.48. The number of ether oxygens (including phenoxy) is 1. The Bertz CT molecular complexity index is 874. The highest BCUT2D eigenvalue weighted by Gasteiger charge is 2.42. The molecule has 0 radical (unpaired) electrons. The number of hydrogen-bond acceptors (Lipinski definition) is 6. The molecule has 1 aromatic rings. The molecule has 2 rings (SSSR count). The third-order valence-electron chi connectivity index (χ3n) is 4.60. The predicted octanol–water partition coefficient (Wildman–Crippen LogP) is 0.157. The number of piperazine rings is 1. The van der Waals surface area contributed by atoms with Gasteiger partial charge in [0.15, 0.2) is 0 Å². The molecule has 1 aliphatic heterocycles. The maximum absolute atomic E-state index is 13.2. The lowest BCUT2D eigenvalue weighted by molar-refractivity contribution is -0.145. The fourth-order valence-electron chi connectivity index (χ4n) is 3.06. The Kier molecular flexibility index (Phi) is 7.79. The van der Waals surface area contributed by atoms with Crippen LogP contribution >= 0.6 is 0 Å². The molecule has 0 aromatic heterocycles. The van der Waals surface area contributed by atoms with Gasteiger partial charge in [0.25, 0.3) is 0 Å². The smallest absolute Gasteiger partial charge is 0.328 e. The van der Waals surface area contributed by atoms with Crippen molar-refractivity contribution in [2.45, 2.75) is 43.8 Å². The van der Waals surface area contributed by atoms with Crippen molar-refractivity contribution in [1.82, 2.24) is 19.8 Å². The van der Waals surface area contributed by atoms with Gasteiger partial charge in [0.05, 0.1) is 12.0 Å². The van der Waals surface area contributed by atoms with Crippen LogP contribution in [0.25, 0.3) is 0 Å². The number of esters is 1. The van der Waals surface area contributed by atoms with Gasteiger partial charge in [-0.05, 0) is 32.9 Å². The van der Waals surface area contributed by atoms with Crippen LogP contribution in [-0.4, -0.2) is 80.4 Å². The molecule has 1 heterocycles. The standard InChI is InChI=1S/C19H28N4O6S/c1-13(2)20-19(26)22-10-11-23(30(27,28)15-8-6-5-7-9-15)16(12-22)17(24)21-14(3)18(25)29-4/h5-9,13-14,16H,10-12H2,1-4H3,(H,20,26)(H,21,24)/t14-,16+/m1/s1. The van der Waals surface area contributed by atoms with Gasteiger partial charge in [-0.3, -0.25) is 4.79 Å². The minimum absolute atomic E-state index is 0.0453. The summed E-state index contributed by atoms with van der Waals surface area (Å²) in [4.78, 5) is 38.5. The van der Waals surface area contributed by atoms with Crippen molar-refractivity contribution in [3.63, 3.8) is 0 Å². The molecule has 0 unspecified atom stereocenters. The Morgan fingerprint density at radius 1 is 1.07 bits per heavy atom. The Morgan fingerprint density at radius 2 is 1.70 bits per heavy atom. The van der Waals surface area contributed by atoms with Crippen molar-refractivity contribution >= 4 is 27.9 Å². The van der Waals surface area contributed by atoms with E-state index in [1.165, 1.54) is 31.1 Å². The lowest BCUT2D eigenvalue weighted by Gasteiger charge is -2.40. The van der Waals surface area contributed by atoms with Crippen LogP contribution in [0.1, 0.15) is 20.8 Å². The molecule has 10 nitrogen and oxygen atoms in total. The molecule has 2 N–H and O–H groups in total. The highest BCUT2D eigenvalue weighted by atomic mass is 32.2. The van der Waals surface area contributed by atoms with E-state index in [0.717, 1.165) is 4.31 Å². The molecule has 11 heteroatoms. The molecular weight excluding hydrogens is 412 g/mol. The Hall–Kier alpha value is -2.66. The molecule has 1 aromatic carbocycles. The summed E-state index contributed by atoms with van der Waals surface area (Å²) in [7, 11) is -2.80. The first-order valence-corrected chi connectivity index (χ1v) is 11.0. The number of sulfonamides is 1. The molecule has 3 amide bonds. The molecule has 1 fully saturated rings. The second-order valence-electron chi connectivity index (χ2n) is 7.25. The molecule has 1 saturated heterocycles. The topological polar surface area (TPSA) is 125 Å². The van der Waals surface area contributed by atoms with E-state index in [0.29, 0.717) is 0 Å². The normalized spacial score (nSPS) is 18.6. The van der Waals surface area contributed by atoms with E-state index in [4.69, 9.17) is 0 Å². The van der Waals surface area contributed by atoms with Crippen LogP contribution in [0.4, 0.5) is 4.79 Å². The molecule has 0 saturated carbocycles. The van der Waals surface area contributed by atoms with E-state index in [1.807, 2.05) is 0 Å². The number of hydrogen-bond donors (Lipinski definition) is 2. The number of rotatable bonds is 6. The lowest BCUT2D eigenvalue weighted by atomic mass is 10.2. The van der Waals surface area contributed by atoms with Crippen molar-refractivity contribution in [3.05, 3.63) is 30.3 Å². The highest BCUT2D eigenvalue weighted by Crippen LogP contribution is 2.22. The molecule has 0 aliphatic carbocycles. The minimum Gasteiger partial charge on any atom is -0.467 e. The average Bonchev–Trinajstić information content (AvgIpc) is 2.72. The first-order valence-electron chi connectivity index (χ1n) is 9.58. The van der Waals surface area contributed by atoms with Gasteiger partial charge in [-0.25, -0.2) is 18.0 Å². The predicted molar refractivity (Wildman–Crippen MR) is 109 cm³/mol. The number of carbonyl (C=O) groups excluding carboxylic acids is 3. The van der Waals surface area contributed by atoms with Gasteiger partial charge < -0.3 is 20.3 Å². The number of nitrogens with zero attached hydrogens (tertiary/aromatic N) is 2. The summed E-state index contributed by atoms with van der Waals surface area (Å²) >= 11 is 0. The van der Waals surface area contributed by atoms with Crippen LogP contribution < -0.4 is 10.6 Å². The number of carbonyl (C=O) groups is 3. The molecular formula is C19H28N4O6S. The number of nitrogens with one attached hydrogen (secondary N) is 2. The molecule has 2 atom stereocenters. The van der Waals surface area contributed by atoms with Crippen molar-refractivity contribution in [1.29, 1.82) is 0 Å². The van der Waals surface area contributed by atoms with Crippen LogP contribution in [-0.2, 0) is 24.3 Å². The van der Waals surface area contributed by atoms with Gasteiger partial charge >= 0.3 is 12.0 Å².